The number of benzene rings is 2. The number of sulfonamides is 1. The molecule has 1 aliphatic carbocycles. The Morgan fingerprint density at radius 2 is 1.85 bits per heavy atom. The van der Waals surface area contributed by atoms with Gasteiger partial charge in [0.25, 0.3) is 0 Å². The monoisotopic (exact) mass is 384 g/mol. The van der Waals surface area contributed by atoms with Gasteiger partial charge in [0.2, 0.25) is 10.0 Å². The quantitative estimate of drug-likeness (QED) is 0.649. The van der Waals surface area contributed by atoms with Crippen molar-refractivity contribution in [2.75, 3.05) is 13.2 Å². The molecule has 5 nitrogen and oxygen atoms in total. The fraction of sp³-hybridized carbons (Fsp3) is 0.381. The summed E-state index contributed by atoms with van der Waals surface area (Å²) in [6, 6.07) is 14.3. The summed E-state index contributed by atoms with van der Waals surface area (Å²) >= 11 is 0. The lowest BCUT2D eigenvalue weighted by molar-refractivity contribution is 0.285. The summed E-state index contributed by atoms with van der Waals surface area (Å²) in [5.74, 6) is 0.850. The molecule has 142 valence electrons. The largest absolute Gasteiger partial charge is 0.493 e. The van der Waals surface area contributed by atoms with E-state index in [1.165, 1.54) is 12.1 Å². The second-order valence-corrected chi connectivity index (χ2v) is 8.84. The van der Waals surface area contributed by atoms with Crippen molar-refractivity contribution in [3.8, 4) is 11.8 Å². The zero-order chi connectivity index (χ0) is 19.4. The molecule has 0 unspecified atom stereocenters. The number of ether oxygens (including phenoxy) is 1. The summed E-state index contributed by atoms with van der Waals surface area (Å²) in [6.07, 6.45) is 2.42. The van der Waals surface area contributed by atoms with Crippen molar-refractivity contribution in [2.45, 2.75) is 44.0 Å². The zero-order valence-corrected chi connectivity index (χ0v) is 16.5. The topological polar surface area (TPSA) is 70.4 Å². The van der Waals surface area contributed by atoms with E-state index in [1.807, 2.05) is 38.1 Å². The van der Waals surface area contributed by atoms with Crippen LogP contribution in [0.4, 0.5) is 0 Å². The maximum Gasteiger partial charge on any atom is 0.243 e. The van der Waals surface area contributed by atoms with Crippen LogP contribution >= 0.6 is 0 Å². The Balaban J connectivity index is 1.63. The van der Waals surface area contributed by atoms with Gasteiger partial charge >= 0.3 is 0 Å². The number of hydrogen-bond acceptors (Lipinski definition) is 4. The Morgan fingerprint density at radius 3 is 2.48 bits per heavy atom. The minimum Gasteiger partial charge on any atom is -0.493 e. The normalized spacial score (nSPS) is 14.1. The Kier molecular flexibility index (Phi) is 5.83. The van der Waals surface area contributed by atoms with Crippen molar-refractivity contribution in [1.82, 2.24) is 4.31 Å². The molecule has 0 bridgehead atoms. The maximum atomic E-state index is 13.0. The van der Waals surface area contributed by atoms with E-state index < -0.39 is 10.0 Å². The number of nitriles is 1. The second-order valence-electron chi connectivity index (χ2n) is 6.95. The highest BCUT2D eigenvalue weighted by Gasteiger charge is 2.37. The van der Waals surface area contributed by atoms with E-state index in [0.717, 1.165) is 29.7 Å². The SMILES string of the molecule is Cc1ccc(C)c(OCCCN(C2CC2)S(=O)(=O)c2ccc(C#N)cc2)c1. The molecule has 2 aromatic rings. The Morgan fingerprint density at radius 1 is 1.15 bits per heavy atom. The minimum absolute atomic E-state index is 0.0753. The lowest BCUT2D eigenvalue weighted by atomic mass is 10.1. The van der Waals surface area contributed by atoms with Crippen LogP contribution in [0.25, 0.3) is 0 Å². The lowest BCUT2D eigenvalue weighted by Crippen LogP contribution is -2.34. The molecule has 0 saturated heterocycles. The molecule has 0 N–H and O–H groups in total. The number of hydrogen-bond donors (Lipinski definition) is 0. The van der Waals surface area contributed by atoms with Crippen LogP contribution in [0.5, 0.6) is 5.75 Å². The Labute approximate surface area is 161 Å². The first kappa shape index (κ1) is 19.4. The minimum atomic E-state index is -3.55. The highest BCUT2D eigenvalue weighted by atomic mass is 32.2. The van der Waals surface area contributed by atoms with Crippen LogP contribution in [0, 0.1) is 25.2 Å². The molecule has 0 heterocycles. The van der Waals surface area contributed by atoms with Crippen molar-refractivity contribution < 1.29 is 13.2 Å². The van der Waals surface area contributed by atoms with Gasteiger partial charge in [-0.25, -0.2) is 8.42 Å². The molecule has 0 atom stereocenters. The van der Waals surface area contributed by atoms with Crippen LogP contribution in [0.1, 0.15) is 36.0 Å². The van der Waals surface area contributed by atoms with E-state index in [4.69, 9.17) is 10.00 Å². The molecule has 0 radical (unpaired) electrons. The molecule has 6 heteroatoms. The third-order valence-electron chi connectivity index (χ3n) is 4.67. The van der Waals surface area contributed by atoms with Crippen LogP contribution in [0.2, 0.25) is 0 Å². The molecule has 0 aromatic heterocycles. The third kappa shape index (κ3) is 4.68. The summed E-state index contributed by atoms with van der Waals surface area (Å²) in [5, 5.41) is 8.89. The average Bonchev–Trinajstić information content (AvgIpc) is 3.49. The highest BCUT2D eigenvalue weighted by Crippen LogP contribution is 2.32. The summed E-state index contributed by atoms with van der Waals surface area (Å²) in [6.45, 7) is 4.92. The first-order chi connectivity index (χ1) is 12.9. The molecule has 0 amide bonds. The molecule has 27 heavy (non-hydrogen) atoms. The molecule has 0 aliphatic heterocycles. The molecule has 2 aromatic carbocycles. The first-order valence-corrected chi connectivity index (χ1v) is 10.6. The van der Waals surface area contributed by atoms with E-state index >= 15 is 0 Å². The van der Waals surface area contributed by atoms with Crippen LogP contribution < -0.4 is 4.74 Å². The number of nitrogens with zero attached hydrogens (tertiary/aromatic N) is 2. The van der Waals surface area contributed by atoms with Crippen LogP contribution in [-0.2, 0) is 10.0 Å². The summed E-state index contributed by atoms with van der Waals surface area (Å²) < 4.78 is 33.4. The molecule has 1 fully saturated rings. The second kappa shape index (κ2) is 8.12. The van der Waals surface area contributed by atoms with Gasteiger partial charge in [0.05, 0.1) is 23.1 Å². The number of aryl methyl sites for hydroxylation is 2. The Bertz CT molecular complexity index is 942. The van der Waals surface area contributed by atoms with E-state index in [0.29, 0.717) is 25.1 Å². The molecule has 0 spiro atoms. The van der Waals surface area contributed by atoms with Crippen molar-refractivity contribution in [3.05, 3.63) is 59.2 Å². The maximum absolute atomic E-state index is 13.0. The fourth-order valence-corrected chi connectivity index (χ4v) is 4.69. The summed E-state index contributed by atoms with van der Waals surface area (Å²) in [4.78, 5) is 0.240. The average molecular weight is 385 g/mol. The van der Waals surface area contributed by atoms with Gasteiger partial charge in [-0.05, 0) is 74.6 Å². The predicted octanol–water partition coefficient (Wildman–Crippen LogP) is 3.80. The smallest absolute Gasteiger partial charge is 0.243 e. The van der Waals surface area contributed by atoms with Crippen molar-refractivity contribution in [1.29, 1.82) is 5.26 Å². The van der Waals surface area contributed by atoms with Gasteiger partial charge in [0.1, 0.15) is 5.75 Å². The van der Waals surface area contributed by atoms with E-state index in [-0.39, 0.29) is 10.9 Å². The molecular weight excluding hydrogens is 360 g/mol. The van der Waals surface area contributed by atoms with Crippen LogP contribution in [0.3, 0.4) is 0 Å². The third-order valence-corrected chi connectivity index (χ3v) is 6.63. The summed E-state index contributed by atoms with van der Waals surface area (Å²) in [5.41, 5.74) is 2.66. The molecule has 1 saturated carbocycles. The van der Waals surface area contributed by atoms with Crippen molar-refractivity contribution in [3.63, 3.8) is 0 Å². The van der Waals surface area contributed by atoms with Gasteiger partial charge in [-0.15, -0.1) is 0 Å². The van der Waals surface area contributed by atoms with Gasteiger partial charge in [-0.3, -0.25) is 0 Å². The van der Waals surface area contributed by atoms with Crippen molar-refractivity contribution >= 4 is 10.0 Å². The number of rotatable bonds is 8. The van der Waals surface area contributed by atoms with E-state index in [9.17, 15) is 8.42 Å². The lowest BCUT2D eigenvalue weighted by Gasteiger charge is -2.22. The van der Waals surface area contributed by atoms with Gasteiger partial charge in [0.15, 0.2) is 0 Å². The van der Waals surface area contributed by atoms with Gasteiger partial charge in [-0.2, -0.15) is 9.57 Å². The fourth-order valence-electron chi connectivity index (χ4n) is 2.96. The zero-order valence-electron chi connectivity index (χ0n) is 15.7. The van der Waals surface area contributed by atoms with Gasteiger partial charge in [-0.1, -0.05) is 12.1 Å². The molecule has 1 aliphatic rings. The molecular formula is C21H24N2O3S. The van der Waals surface area contributed by atoms with Crippen LogP contribution in [-0.4, -0.2) is 31.9 Å². The van der Waals surface area contributed by atoms with Gasteiger partial charge < -0.3 is 4.74 Å². The molecule has 3 rings (SSSR count). The highest BCUT2D eigenvalue weighted by molar-refractivity contribution is 7.89. The van der Waals surface area contributed by atoms with E-state index in [1.54, 1.807) is 16.4 Å². The summed E-state index contributed by atoms with van der Waals surface area (Å²) in [7, 11) is -3.55. The predicted molar refractivity (Wildman–Crippen MR) is 104 cm³/mol. The first-order valence-electron chi connectivity index (χ1n) is 9.14. The van der Waals surface area contributed by atoms with Crippen LogP contribution in [0.15, 0.2) is 47.4 Å². The van der Waals surface area contributed by atoms with Crippen molar-refractivity contribution in [2.24, 2.45) is 0 Å². The standard InChI is InChI=1S/C21H24N2O3S/c1-16-4-5-17(2)21(14-16)26-13-3-12-23(19-8-9-19)27(24,25)20-10-6-18(15-22)7-11-20/h4-7,10-11,14,19H,3,8-9,12-13H2,1-2H3. The van der Waals surface area contributed by atoms with E-state index in [2.05, 4.69) is 0 Å². The Hall–Kier alpha value is -2.36. The van der Waals surface area contributed by atoms with Gasteiger partial charge in [0, 0.05) is 12.6 Å².